The molecule has 0 aliphatic carbocycles. The van der Waals surface area contributed by atoms with E-state index in [1.165, 1.54) is 0 Å². The van der Waals surface area contributed by atoms with Gasteiger partial charge in [0.15, 0.2) is 0 Å². The van der Waals surface area contributed by atoms with Crippen LogP contribution in [0.3, 0.4) is 0 Å². The van der Waals surface area contributed by atoms with Crippen LogP contribution in [0.5, 0.6) is 5.75 Å². The molecule has 0 spiro atoms. The topological polar surface area (TPSA) is 61.0 Å². The van der Waals surface area contributed by atoms with E-state index in [1.807, 2.05) is 12.1 Å². The van der Waals surface area contributed by atoms with Gasteiger partial charge in [0.05, 0.1) is 13.7 Å². The van der Waals surface area contributed by atoms with Gasteiger partial charge in [-0.25, -0.2) is 0 Å². The fourth-order valence-corrected chi connectivity index (χ4v) is 2.01. The van der Waals surface area contributed by atoms with Crippen molar-refractivity contribution in [3.05, 3.63) is 29.8 Å². The second-order valence-electron chi connectivity index (χ2n) is 4.44. The number of carbonyl (C=O) groups is 1. The number of carbonyl (C=O) groups excluding carboxylic acids is 1. The van der Waals surface area contributed by atoms with Gasteiger partial charge < -0.3 is 10.2 Å². The molecule has 1 fully saturated rings. The molecule has 0 radical (unpaired) electrons. The van der Waals surface area contributed by atoms with E-state index in [0.717, 1.165) is 11.3 Å². The second kappa shape index (κ2) is 6.08. The molecule has 0 bridgehead atoms. The standard InChI is InChI=1S/C13H15F2NO2.H2O/c1-18-11-4-2-10(3-5-11)8-16-7-6-12(17)13(14,15)9-16;/h2-5H,6-9H2,1H3;1H2. The molecule has 0 amide bonds. The summed E-state index contributed by atoms with van der Waals surface area (Å²) in [5.41, 5.74) is 0.931. The summed E-state index contributed by atoms with van der Waals surface area (Å²) in [5, 5.41) is 0. The fraction of sp³-hybridized carbons (Fsp3) is 0.462. The molecule has 1 saturated heterocycles. The largest absolute Gasteiger partial charge is 0.497 e. The molecule has 2 N–H and O–H groups in total. The summed E-state index contributed by atoms with van der Waals surface area (Å²) in [5.74, 6) is -3.42. The monoisotopic (exact) mass is 273 g/mol. The summed E-state index contributed by atoms with van der Waals surface area (Å²) in [6.07, 6.45) is -0.0802. The number of alkyl halides is 2. The Morgan fingerprint density at radius 1 is 1.32 bits per heavy atom. The third-order valence-corrected chi connectivity index (χ3v) is 3.05. The summed E-state index contributed by atoms with van der Waals surface area (Å²) in [7, 11) is 1.58. The number of Topliss-reactive ketones (excluding diaryl/α,β-unsaturated/α-hetero) is 1. The van der Waals surface area contributed by atoms with Gasteiger partial charge in [-0.05, 0) is 17.7 Å². The zero-order valence-corrected chi connectivity index (χ0v) is 10.7. The highest BCUT2D eigenvalue weighted by atomic mass is 19.3. The van der Waals surface area contributed by atoms with Crippen LogP contribution in [-0.2, 0) is 11.3 Å². The van der Waals surface area contributed by atoms with E-state index in [0.29, 0.717) is 13.1 Å². The Bertz CT molecular complexity index is 434. The molecule has 1 aliphatic rings. The fourth-order valence-electron chi connectivity index (χ4n) is 2.01. The highest BCUT2D eigenvalue weighted by Gasteiger charge is 2.43. The van der Waals surface area contributed by atoms with Crippen LogP contribution in [0.25, 0.3) is 0 Å². The van der Waals surface area contributed by atoms with Crippen molar-refractivity contribution >= 4 is 5.78 Å². The Hall–Kier alpha value is -1.53. The minimum absolute atomic E-state index is 0. The molecular weight excluding hydrogens is 256 g/mol. The van der Waals surface area contributed by atoms with Gasteiger partial charge in [0, 0.05) is 19.5 Å². The van der Waals surface area contributed by atoms with Gasteiger partial charge >= 0.3 is 5.92 Å². The van der Waals surface area contributed by atoms with Crippen molar-refractivity contribution in [1.29, 1.82) is 0 Å². The lowest BCUT2D eigenvalue weighted by molar-refractivity contribution is -0.151. The Morgan fingerprint density at radius 2 is 1.95 bits per heavy atom. The third-order valence-electron chi connectivity index (χ3n) is 3.05. The molecule has 19 heavy (non-hydrogen) atoms. The Kier molecular flexibility index (Phi) is 4.97. The quantitative estimate of drug-likeness (QED) is 0.833. The number of benzene rings is 1. The highest BCUT2D eigenvalue weighted by molar-refractivity contribution is 5.86. The maximum absolute atomic E-state index is 13.3. The summed E-state index contributed by atoms with van der Waals surface area (Å²) in [6, 6.07) is 7.27. The van der Waals surface area contributed by atoms with Crippen molar-refractivity contribution in [2.24, 2.45) is 0 Å². The molecule has 1 heterocycles. The molecule has 1 aromatic rings. The number of ketones is 1. The Balaban J connectivity index is 0.00000180. The van der Waals surface area contributed by atoms with Crippen molar-refractivity contribution in [2.45, 2.75) is 18.9 Å². The van der Waals surface area contributed by atoms with Gasteiger partial charge in [0.2, 0.25) is 5.78 Å². The van der Waals surface area contributed by atoms with Gasteiger partial charge in [0.1, 0.15) is 5.75 Å². The van der Waals surface area contributed by atoms with Crippen molar-refractivity contribution in [2.75, 3.05) is 20.2 Å². The molecule has 6 heteroatoms. The molecule has 1 aliphatic heterocycles. The van der Waals surface area contributed by atoms with Crippen LogP contribution >= 0.6 is 0 Å². The van der Waals surface area contributed by atoms with E-state index in [9.17, 15) is 13.6 Å². The lowest BCUT2D eigenvalue weighted by Crippen LogP contribution is -2.48. The van der Waals surface area contributed by atoms with Crippen LogP contribution in [0.1, 0.15) is 12.0 Å². The maximum atomic E-state index is 13.3. The maximum Gasteiger partial charge on any atom is 0.317 e. The number of halogens is 2. The van der Waals surface area contributed by atoms with Crippen molar-refractivity contribution in [3.8, 4) is 5.75 Å². The van der Waals surface area contributed by atoms with E-state index < -0.39 is 18.3 Å². The molecule has 4 nitrogen and oxygen atoms in total. The lowest BCUT2D eigenvalue weighted by Gasteiger charge is -2.31. The number of hydrogen-bond acceptors (Lipinski definition) is 3. The lowest BCUT2D eigenvalue weighted by atomic mass is 10.0. The van der Waals surface area contributed by atoms with E-state index in [-0.39, 0.29) is 11.9 Å². The third kappa shape index (κ3) is 3.71. The molecule has 0 atom stereocenters. The van der Waals surface area contributed by atoms with Crippen LogP contribution in [0.4, 0.5) is 8.78 Å². The first kappa shape index (κ1) is 15.5. The minimum atomic E-state index is -3.20. The summed E-state index contributed by atoms with van der Waals surface area (Å²) in [6.45, 7) is 0.325. The SMILES string of the molecule is COc1ccc(CN2CCC(=O)C(F)(F)C2)cc1.O. The normalized spacial score (nSPS) is 18.8. The summed E-state index contributed by atoms with van der Waals surface area (Å²) >= 11 is 0. The highest BCUT2D eigenvalue weighted by Crippen LogP contribution is 2.24. The van der Waals surface area contributed by atoms with E-state index in [2.05, 4.69) is 0 Å². The average molecular weight is 273 g/mol. The molecule has 0 aromatic heterocycles. The molecule has 2 rings (SSSR count). The average Bonchev–Trinajstić information content (AvgIpc) is 2.34. The number of nitrogens with zero attached hydrogens (tertiary/aromatic N) is 1. The van der Waals surface area contributed by atoms with Gasteiger partial charge in [-0.1, -0.05) is 12.1 Å². The van der Waals surface area contributed by atoms with Crippen molar-refractivity contribution in [3.63, 3.8) is 0 Å². The number of likely N-dealkylation sites (tertiary alicyclic amines) is 1. The van der Waals surface area contributed by atoms with Crippen LogP contribution < -0.4 is 4.74 Å². The summed E-state index contributed by atoms with van der Waals surface area (Å²) < 4.78 is 31.5. The molecular formula is C13H17F2NO3. The minimum Gasteiger partial charge on any atom is -0.497 e. The first-order chi connectivity index (χ1) is 8.51. The van der Waals surface area contributed by atoms with Gasteiger partial charge in [0.25, 0.3) is 0 Å². The van der Waals surface area contributed by atoms with Crippen LogP contribution in [0.2, 0.25) is 0 Å². The van der Waals surface area contributed by atoms with Crippen LogP contribution in [-0.4, -0.2) is 42.3 Å². The Morgan fingerprint density at radius 3 is 2.47 bits per heavy atom. The predicted octanol–water partition coefficient (Wildman–Crippen LogP) is 1.28. The molecule has 106 valence electrons. The number of rotatable bonds is 3. The number of methoxy groups -OCH3 is 1. The van der Waals surface area contributed by atoms with Crippen LogP contribution in [0, 0.1) is 0 Å². The number of ether oxygens (including phenoxy) is 1. The summed E-state index contributed by atoms with van der Waals surface area (Å²) in [4.78, 5) is 12.6. The zero-order valence-electron chi connectivity index (χ0n) is 10.7. The Labute approximate surface area is 110 Å². The number of piperidine rings is 1. The zero-order chi connectivity index (χ0) is 13.2. The van der Waals surface area contributed by atoms with E-state index in [4.69, 9.17) is 4.74 Å². The smallest absolute Gasteiger partial charge is 0.317 e. The molecule has 1 aromatic carbocycles. The number of hydrogen-bond donors (Lipinski definition) is 0. The van der Waals surface area contributed by atoms with Gasteiger partial charge in [-0.2, -0.15) is 8.78 Å². The van der Waals surface area contributed by atoms with Crippen LogP contribution in [0.15, 0.2) is 24.3 Å². The first-order valence-corrected chi connectivity index (χ1v) is 5.78. The van der Waals surface area contributed by atoms with E-state index >= 15 is 0 Å². The predicted molar refractivity (Wildman–Crippen MR) is 66.5 cm³/mol. The first-order valence-electron chi connectivity index (χ1n) is 5.78. The van der Waals surface area contributed by atoms with E-state index in [1.54, 1.807) is 24.1 Å². The van der Waals surface area contributed by atoms with Crippen molar-refractivity contribution in [1.82, 2.24) is 4.90 Å². The van der Waals surface area contributed by atoms with Gasteiger partial charge in [-0.3, -0.25) is 9.69 Å². The molecule has 0 saturated carbocycles. The van der Waals surface area contributed by atoms with Gasteiger partial charge in [-0.15, -0.1) is 0 Å². The molecule has 0 unspecified atom stereocenters. The van der Waals surface area contributed by atoms with Crippen molar-refractivity contribution < 1.29 is 23.8 Å². The second-order valence-corrected chi connectivity index (χ2v) is 4.44.